The van der Waals surface area contributed by atoms with Gasteiger partial charge in [0, 0.05) is 16.1 Å². The van der Waals surface area contributed by atoms with Gasteiger partial charge in [-0.1, -0.05) is 54.1 Å². The number of methoxy groups -OCH3 is 1. The molecule has 150 valence electrons. The molecule has 0 aromatic heterocycles. The molecule has 1 amide bonds. The van der Waals surface area contributed by atoms with E-state index in [1.54, 1.807) is 49.6 Å². The number of hydrogen-bond donors (Lipinski definition) is 2. The van der Waals surface area contributed by atoms with Crippen molar-refractivity contribution < 1.29 is 14.6 Å². The van der Waals surface area contributed by atoms with E-state index in [9.17, 15) is 9.90 Å². The second-order valence-electron chi connectivity index (χ2n) is 6.91. The highest BCUT2D eigenvalue weighted by atomic mass is 35.5. The Kier molecular flexibility index (Phi) is 5.59. The minimum atomic E-state index is -0.567. The minimum absolute atomic E-state index is 0.115. The van der Waals surface area contributed by atoms with Crippen LogP contribution < -0.4 is 10.1 Å². The van der Waals surface area contributed by atoms with Crippen molar-refractivity contribution in [2.75, 3.05) is 7.11 Å². The number of ether oxygens (including phenoxy) is 1. The quantitative estimate of drug-likeness (QED) is 0.436. The summed E-state index contributed by atoms with van der Waals surface area (Å²) >= 11 is 6.07. The van der Waals surface area contributed by atoms with Gasteiger partial charge in [-0.15, -0.1) is 0 Å². The van der Waals surface area contributed by atoms with E-state index in [0.29, 0.717) is 21.9 Å². The summed E-state index contributed by atoms with van der Waals surface area (Å²) in [7, 11) is 1.58. The van der Waals surface area contributed by atoms with Gasteiger partial charge in [0.15, 0.2) is 0 Å². The lowest BCUT2D eigenvalue weighted by molar-refractivity contribution is 0.0943. The largest absolute Gasteiger partial charge is 0.508 e. The number of nitrogens with one attached hydrogen (secondary N) is 1. The third kappa shape index (κ3) is 3.95. The van der Waals surface area contributed by atoms with Crippen LogP contribution in [-0.4, -0.2) is 18.1 Å². The van der Waals surface area contributed by atoms with Gasteiger partial charge in [-0.25, -0.2) is 0 Å². The van der Waals surface area contributed by atoms with Gasteiger partial charge in [0.1, 0.15) is 11.5 Å². The van der Waals surface area contributed by atoms with Crippen molar-refractivity contribution in [3.63, 3.8) is 0 Å². The molecule has 4 aromatic rings. The van der Waals surface area contributed by atoms with Gasteiger partial charge >= 0.3 is 0 Å². The average molecular weight is 418 g/mol. The summed E-state index contributed by atoms with van der Waals surface area (Å²) in [4.78, 5) is 13.1. The van der Waals surface area contributed by atoms with Gasteiger partial charge < -0.3 is 15.2 Å². The maximum atomic E-state index is 13.1. The van der Waals surface area contributed by atoms with Crippen molar-refractivity contribution in [3.05, 3.63) is 107 Å². The van der Waals surface area contributed by atoms with Crippen molar-refractivity contribution in [2.45, 2.75) is 6.04 Å². The number of carbonyl (C=O) groups excluding carboxylic acids is 1. The molecule has 0 saturated carbocycles. The molecule has 4 aromatic carbocycles. The molecule has 0 aliphatic heterocycles. The van der Waals surface area contributed by atoms with Gasteiger partial charge in [0.25, 0.3) is 5.91 Å². The third-order valence-electron chi connectivity index (χ3n) is 5.07. The standard InChI is InChI=1S/C25H20ClNO3/c1-30-20-13-8-18(9-14-20)25(29)27-24(17-6-11-19(26)12-7-17)23-21-5-3-2-4-16(21)10-15-22(23)28/h2-15,24,28H,1H3,(H,27,29). The Hall–Kier alpha value is -3.50. The number of phenolic OH excluding ortho intramolecular Hbond substituents is 1. The number of benzene rings is 4. The van der Waals surface area contributed by atoms with E-state index in [0.717, 1.165) is 16.3 Å². The maximum Gasteiger partial charge on any atom is 0.252 e. The molecule has 0 saturated heterocycles. The highest BCUT2D eigenvalue weighted by molar-refractivity contribution is 6.30. The number of amides is 1. The molecule has 0 heterocycles. The number of halogens is 1. The van der Waals surface area contributed by atoms with E-state index in [2.05, 4.69) is 5.32 Å². The second-order valence-corrected chi connectivity index (χ2v) is 7.34. The van der Waals surface area contributed by atoms with E-state index in [4.69, 9.17) is 16.3 Å². The number of fused-ring (bicyclic) bond motifs is 1. The van der Waals surface area contributed by atoms with Crippen LogP contribution in [0.3, 0.4) is 0 Å². The monoisotopic (exact) mass is 417 g/mol. The fourth-order valence-electron chi connectivity index (χ4n) is 3.52. The molecule has 5 heteroatoms. The fourth-order valence-corrected chi connectivity index (χ4v) is 3.65. The van der Waals surface area contributed by atoms with Crippen LogP contribution in [0, 0.1) is 0 Å². The van der Waals surface area contributed by atoms with Crippen molar-refractivity contribution in [1.82, 2.24) is 5.32 Å². The molecule has 0 fully saturated rings. The summed E-state index contributed by atoms with van der Waals surface area (Å²) in [6, 6.07) is 24.8. The molecule has 0 spiro atoms. The topological polar surface area (TPSA) is 58.6 Å². The smallest absolute Gasteiger partial charge is 0.252 e. The highest BCUT2D eigenvalue weighted by Crippen LogP contribution is 2.36. The number of carbonyl (C=O) groups is 1. The molecule has 1 atom stereocenters. The zero-order chi connectivity index (χ0) is 21.1. The predicted octanol–water partition coefficient (Wildman–Crippen LogP) is 5.73. The lowest BCUT2D eigenvalue weighted by Crippen LogP contribution is -2.29. The number of hydrogen-bond acceptors (Lipinski definition) is 3. The van der Waals surface area contributed by atoms with Gasteiger partial charge in [-0.05, 0) is 58.8 Å². The normalized spacial score (nSPS) is 11.8. The molecule has 4 nitrogen and oxygen atoms in total. The number of aromatic hydroxyl groups is 1. The van der Waals surface area contributed by atoms with Crippen molar-refractivity contribution in [1.29, 1.82) is 0 Å². The van der Waals surface area contributed by atoms with Crippen molar-refractivity contribution in [2.24, 2.45) is 0 Å². The van der Waals surface area contributed by atoms with Crippen LogP contribution in [0.2, 0.25) is 5.02 Å². The van der Waals surface area contributed by atoms with E-state index < -0.39 is 6.04 Å². The Bertz CT molecular complexity index is 1190. The van der Waals surface area contributed by atoms with E-state index in [-0.39, 0.29) is 11.7 Å². The zero-order valence-electron chi connectivity index (χ0n) is 16.3. The molecular formula is C25H20ClNO3. The van der Waals surface area contributed by atoms with Gasteiger partial charge in [-0.2, -0.15) is 0 Å². The fraction of sp³-hybridized carbons (Fsp3) is 0.0800. The summed E-state index contributed by atoms with van der Waals surface area (Å²) in [5, 5.41) is 16.3. The maximum absolute atomic E-state index is 13.1. The van der Waals surface area contributed by atoms with Crippen LogP contribution in [-0.2, 0) is 0 Å². The van der Waals surface area contributed by atoms with Crippen LogP contribution in [0.25, 0.3) is 10.8 Å². The van der Waals surface area contributed by atoms with E-state index >= 15 is 0 Å². The highest BCUT2D eigenvalue weighted by Gasteiger charge is 2.23. The first-order valence-electron chi connectivity index (χ1n) is 9.48. The van der Waals surface area contributed by atoms with Crippen LogP contribution in [0.1, 0.15) is 27.5 Å². The molecule has 0 aliphatic rings. The Morgan fingerprint density at radius 2 is 1.63 bits per heavy atom. The van der Waals surface area contributed by atoms with Gasteiger partial charge in [0.2, 0.25) is 0 Å². The first-order valence-corrected chi connectivity index (χ1v) is 9.85. The Morgan fingerprint density at radius 1 is 0.933 bits per heavy atom. The second kappa shape index (κ2) is 8.47. The van der Waals surface area contributed by atoms with Gasteiger partial charge in [-0.3, -0.25) is 4.79 Å². The van der Waals surface area contributed by atoms with Crippen LogP contribution >= 0.6 is 11.6 Å². The zero-order valence-corrected chi connectivity index (χ0v) is 17.1. The molecule has 0 radical (unpaired) electrons. The Labute approximate surface area is 179 Å². The average Bonchev–Trinajstić information content (AvgIpc) is 2.78. The van der Waals surface area contributed by atoms with Crippen molar-refractivity contribution in [3.8, 4) is 11.5 Å². The summed E-state index contributed by atoms with van der Waals surface area (Å²) < 4.78 is 5.17. The van der Waals surface area contributed by atoms with Gasteiger partial charge in [0.05, 0.1) is 13.2 Å². The molecule has 1 unspecified atom stereocenters. The summed E-state index contributed by atoms with van der Waals surface area (Å²) in [6.07, 6.45) is 0. The summed E-state index contributed by atoms with van der Waals surface area (Å²) in [6.45, 7) is 0. The first kappa shape index (κ1) is 19.8. The lowest BCUT2D eigenvalue weighted by atomic mass is 9.92. The molecule has 30 heavy (non-hydrogen) atoms. The Balaban J connectivity index is 1.80. The van der Waals surface area contributed by atoms with Crippen LogP contribution in [0.15, 0.2) is 84.9 Å². The first-order chi connectivity index (χ1) is 14.6. The SMILES string of the molecule is COc1ccc(C(=O)NC(c2ccc(Cl)cc2)c2c(O)ccc3ccccc23)cc1. The summed E-state index contributed by atoms with van der Waals surface area (Å²) in [5.74, 6) is 0.529. The summed E-state index contributed by atoms with van der Waals surface area (Å²) in [5.41, 5.74) is 1.94. The predicted molar refractivity (Wildman–Crippen MR) is 119 cm³/mol. The van der Waals surface area contributed by atoms with E-state index in [1.807, 2.05) is 42.5 Å². The molecule has 0 aliphatic carbocycles. The van der Waals surface area contributed by atoms with Crippen LogP contribution in [0.5, 0.6) is 11.5 Å². The third-order valence-corrected chi connectivity index (χ3v) is 5.32. The molecule has 0 bridgehead atoms. The molecular weight excluding hydrogens is 398 g/mol. The minimum Gasteiger partial charge on any atom is -0.508 e. The molecule has 4 rings (SSSR count). The Morgan fingerprint density at radius 3 is 2.33 bits per heavy atom. The molecule has 2 N–H and O–H groups in total. The lowest BCUT2D eigenvalue weighted by Gasteiger charge is -2.23. The van der Waals surface area contributed by atoms with Crippen LogP contribution in [0.4, 0.5) is 0 Å². The van der Waals surface area contributed by atoms with E-state index in [1.165, 1.54) is 0 Å². The van der Waals surface area contributed by atoms with Crippen molar-refractivity contribution >= 4 is 28.3 Å². The number of rotatable bonds is 5. The number of phenols is 1.